The molecule has 116 valence electrons. The second kappa shape index (κ2) is 6.40. The maximum absolute atomic E-state index is 12.4. The highest BCUT2D eigenvalue weighted by atomic mass is 16.5. The summed E-state index contributed by atoms with van der Waals surface area (Å²) in [6.45, 7) is 0. The highest BCUT2D eigenvalue weighted by Gasteiger charge is 2.09. The number of methoxy groups -OCH3 is 2. The molecule has 0 aliphatic carbocycles. The Hall–Kier alpha value is -3.01. The van der Waals surface area contributed by atoms with Gasteiger partial charge in [0.15, 0.2) is 11.5 Å². The number of carbonyl (C=O) groups is 1. The lowest BCUT2D eigenvalue weighted by molar-refractivity contribution is 0.102. The molecule has 0 saturated heterocycles. The third-order valence-corrected chi connectivity index (χ3v) is 3.65. The molecule has 0 bridgehead atoms. The average molecular weight is 307 g/mol. The minimum atomic E-state index is -0.164. The Kier molecular flexibility index (Phi) is 4.15. The Balaban J connectivity index is 1.85. The van der Waals surface area contributed by atoms with E-state index in [4.69, 9.17) is 9.47 Å². The summed E-state index contributed by atoms with van der Waals surface area (Å²) in [5.74, 6) is 1.03. The molecule has 3 aromatic carbocycles. The van der Waals surface area contributed by atoms with Crippen LogP contribution in [0.4, 0.5) is 5.69 Å². The fourth-order valence-electron chi connectivity index (χ4n) is 2.45. The molecule has 0 aromatic heterocycles. The summed E-state index contributed by atoms with van der Waals surface area (Å²) in [5, 5.41) is 5.02. The van der Waals surface area contributed by atoms with Crippen molar-refractivity contribution in [3.8, 4) is 11.5 Å². The fourth-order valence-corrected chi connectivity index (χ4v) is 2.45. The molecular formula is C19H17NO3. The first kappa shape index (κ1) is 14.9. The van der Waals surface area contributed by atoms with Crippen LogP contribution in [0.5, 0.6) is 11.5 Å². The van der Waals surface area contributed by atoms with Crippen LogP contribution in [0, 0.1) is 0 Å². The Morgan fingerprint density at radius 2 is 1.57 bits per heavy atom. The van der Waals surface area contributed by atoms with Crippen molar-refractivity contribution in [2.75, 3.05) is 19.5 Å². The van der Waals surface area contributed by atoms with Gasteiger partial charge < -0.3 is 14.8 Å². The van der Waals surface area contributed by atoms with Crippen molar-refractivity contribution in [2.45, 2.75) is 0 Å². The molecule has 1 N–H and O–H groups in total. The van der Waals surface area contributed by atoms with E-state index >= 15 is 0 Å². The van der Waals surface area contributed by atoms with Gasteiger partial charge in [0.2, 0.25) is 0 Å². The number of nitrogens with one attached hydrogen (secondary N) is 1. The zero-order chi connectivity index (χ0) is 16.2. The largest absolute Gasteiger partial charge is 0.493 e. The number of hydrogen-bond acceptors (Lipinski definition) is 3. The molecule has 0 spiro atoms. The third-order valence-electron chi connectivity index (χ3n) is 3.65. The minimum absolute atomic E-state index is 0.164. The standard InChI is InChI=1S/C19H17NO3/c1-22-17-10-9-16(12-18(17)23-2)20-19(21)15-8-7-13-5-3-4-6-14(13)11-15/h3-12H,1-2H3,(H,20,21). The summed E-state index contributed by atoms with van der Waals surface area (Å²) in [6.07, 6.45) is 0. The van der Waals surface area contributed by atoms with Crippen molar-refractivity contribution in [1.82, 2.24) is 0 Å². The van der Waals surface area contributed by atoms with Crippen LogP contribution in [0.3, 0.4) is 0 Å². The molecule has 23 heavy (non-hydrogen) atoms. The van der Waals surface area contributed by atoms with E-state index in [0.29, 0.717) is 22.7 Å². The predicted octanol–water partition coefficient (Wildman–Crippen LogP) is 4.11. The number of amides is 1. The maximum Gasteiger partial charge on any atom is 0.255 e. The molecular weight excluding hydrogens is 290 g/mol. The number of benzene rings is 3. The van der Waals surface area contributed by atoms with Gasteiger partial charge >= 0.3 is 0 Å². The van der Waals surface area contributed by atoms with E-state index in [2.05, 4.69) is 5.32 Å². The summed E-state index contributed by atoms with van der Waals surface area (Å²) < 4.78 is 10.4. The van der Waals surface area contributed by atoms with Gasteiger partial charge in [0.1, 0.15) is 0 Å². The van der Waals surface area contributed by atoms with Gasteiger partial charge in [-0.1, -0.05) is 30.3 Å². The first-order valence-corrected chi connectivity index (χ1v) is 7.23. The van der Waals surface area contributed by atoms with Crippen LogP contribution in [0.2, 0.25) is 0 Å². The number of rotatable bonds is 4. The van der Waals surface area contributed by atoms with Gasteiger partial charge in [-0.2, -0.15) is 0 Å². The first-order chi connectivity index (χ1) is 11.2. The number of fused-ring (bicyclic) bond motifs is 1. The van der Waals surface area contributed by atoms with Gasteiger partial charge in [-0.15, -0.1) is 0 Å². The van der Waals surface area contributed by atoms with Gasteiger partial charge in [0.25, 0.3) is 5.91 Å². The second-order valence-electron chi connectivity index (χ2n) is 5.09. The topological polar surface area (TPSA) is 47.6 Å². The van der Waals surface area contributed by atoms with Gasteiger partial charge in [-0.05, 0) is 35.0 Å². The summed E-state index contributed by atoms with van der Waals surface area (Å²) in [5.41, 5.74) is 1.26. The number of ether oxygens (including phenoxy) is 2. The highest BCUT2D eigenvalue weighted by Crippen LogP contribution is 2.30. The number of hydrogen-bond donors (Lipinski definition) is 1. The highest BCUT2D eigenvalue weighted by molar-refractivity contribution is 6.06. The summed E-state index contributed by atoms with van der Waals surface area (Å²) in [7, 11) is 3.14. The van der Waals surface area contributed by atoms with Crippen molar-refractivity contribution >= 4 is 22.4 Å². The van der Waals surface area contributed by atoms with Crippen molar-refractivity contribution < 1.29 is 14.3 Å². The van der Waals surface area contributed by atoms with E-state index in [-0.39, 0.29) is 5.91 Å². The first-order valence-electron chi connectivity index (χ1n) is 7.23. The quantitative estimate of drug-likeness (QED) is 0.789. The van der Waals surface area contributed by atoms with E-state index in [9.17, 15) is 4.79 Å². The molecule has 0 unspecified atom stereocenters. The van der Waals surface area contributed by atoms with E-state index < -0.39 is 0 Å². The fraction of sp³-hybridized carbons (Fsp3) is 0.105. The Morgan fingerprint density at radius 3 is 2.30 bits per heavy atom. The SMILES string of the molecule is COc1ccc(NC(=O)c2ccc3ccccc3c2)cc1OC. The zero-order valence-corrected chi connectivity index (χ0v) is 13.0. The predicted molar refractivity (Wildman–Crippen MR) is 91.4 cm³/mol. The minimum Gasteiger partial charge on any atom is -0.493 e. The van der Waals surface area contributed by atoms with Gasteiger partial charge in [0, 0.05) is 17.3 Å². The molecule has 0 saturated carbocycles. The lowest BCUT2D eigenvalue weighted by Crippen LogP contribution is -2.11. The van der Waals surface area contributed by atoms with Gasteiger partial charge in [-0.3, -0.25) is 4.79 Å². The zero-order valence-electron chi connectivity index (χ0n) is 13.0. The molecule has 0 radical (unpaired) electrons. The van der Waals surface area contributed by atoms with Crippen molar-refractivity contribution in [3.63, 3.8) is 0 Å². The van der Waals surface area contributed by atoms with Crippen LogP contribution in [-0.4, -0.2) is 20.1 Å². The van der Waals surface area contributed by atoms with E-state index in [1.807, 2.05) is 42.5 Å². The van der Waals surface area contributed by atoms with Crippen LogP contribution in [0.1, 0.15) is 10.4 Å². The van der Waals surface area contributed by atoms with Crippen molar-refractivity contribution in [1.29, 1.82) is 0 Å². The Labute approximate surface area is 134 Å². The third kappa shape index (κ3) is 3.11. The van der Waals surface area contributed by atoms with Gasteiger partial charge in [0.05, 0.1) is 14.2 Å². The van der Waals surface area contributed by atoms with Gasteiger partial charge in [-0.25, -0.2) is 0 Å². The molecule has 3 rings (SSSR count). The van der Waals surface area contributed by atoms with Crippen LogP contribution in [0.15, 0.2) is 60.7 Å². The normalized spacial score (nSPS) is 10.3. The van der Waals surface area contributed by atoms with Crippen LogP contribution in [-0.2, 0) is 0 Å². The molecule has 0 aliphatic heterocycles. The summed E-state index contributed by atoms with van der Waals surface area (Å²) in [4.78, 5) is 12.4. The Morgan fingerprint density at radius 1 is 0.826 bits per heavy atom. The molecule has 3 aromatic rings. The number of anilines is 1. The smallest absolute Gasteiger partial charge is 0.255 e. The average Bonchev–Trinajstić information content (AvgIpc) is 2.61. The molecule has 0 fully saturated rings. The molecule has 4 nitrogen and oxygen atoms in total. The summed E-state index contributed by atoms with van der Waals surface area (Å²) >= 11 is 0. The molecule has 0 atom stereocenters. The van der Waals surface area contributed by atoms with Crippen LogP contribution >= 0.6 is 0 Å². The van der Waals surface area contributed by atoms with Crippen LogP contribution < -0.4 is 14.8 Å². The van der Waals surface area contributed by atoms with E-state index in [0.717, 1.165) is 10.8 Å². The molecule has 0 aliphatic rings. The number of carbonyl (C=O) groups excluding carboxylic acids is 1. The lowest BCUT2D eigenvalue weighted by atomic mass is 10.1. The molecule has 0 heterocycles. The lowest BCUT2D eigenvalue weighted by Gasteiger charge is -2.11. The van der Waals surface area contributed by atoms with Crippen LogP contribution in [0.25, 0.3) is 10.8 Å². The maximum atomic E-state index is 12.4. The van der Waals surface area contributed by atoms with E-state index in [1.165, 1.54) is 0 Å². The van der Waals surface area contributed by atoms with Crippen molar-refractivity contribution in [2.24, 2.45) is 0 Å². The molecule has 1 amide bonds. The van der Waals surface area contributed by atoms with Crippen molar-refractivity contribution in [3.05, 3.63) is 66.2 Å². The van der Waals surface area contributed by atoms with E-state index in [1.54, 1.807) is 32.4 Å². The molecule has 4 heteroatoms. The summed E-state index contributed by atoms with van der Waals surface area (Å²) in [6, 6.07) is 18.9. The second-order valence-corrected chi connectivity index (χ2v) is 5.09. The Bertz CT molecular complexity index is 858. The monoisotopic (exact) mass is 307 g/mol.